The van der Waals surface area contributed by atoms with Crippen LogP contribution >= 0.6 is 0 Å². The van der Waals surface area contributed by atoms with Gasteiger partial charge in [-0.15, -0.1) is 0 Å². The van der Waals surface area contributed by atoms with Gasteiger partial charge in [0, 0.05) is 23.5 Å². The number of hydrogen-bond acceptors (Lipinski definition) is 6. The molecular formula is C16H14N2O6Zn. The number of benzene rings is 1. The minimum atomic E-state index is -1.46. The summed E-state index contributed by atoms with van der Waals surface area (Å²) in [5, 5.41) is 25.9. The van der Waals surface area contributed by atoms with Gasteiger partial charge in [-0.25, -0.2) is 0 Å². The van der Waals surface area contributed by atoms with E-state index in [-0.39, 0.29) is 30.6 Å². The average Bonchev–Trinajstić information content (AvgIpc) is 2.46. The maximum atomic E-state index is 11.6. The third-order valence-corrected chi connectivity index (χ3v) is 2.74. The van der Waals surface area contributed by atoms with Crippen LogP contribution in [0, 0.1) is 0 Å². The van der Waals surface area contributed by atoms with Gasteiger partial charge < -0.3 is 30.4 Å². The van der Waals surface area contributed by atoms with Crippen LogP contribution < -0.4 is 20.8 Å². The van der Waals surface area contributed by atoms with Gasteiger partial charge in [-0.1, -0.05) is 6.07 Å². The molecule has 0 aliphatic heterocycles. The van der Waals surface area contributed by atoms with E-state index in [2.05, 4.69) is 10.6 Å². The van der Waals surface area contributed by atoms with Gasteiger partial charge in [-0.3, -0.25) is 9.59 Å². The molecule has 0 aliphatic rings. The van der Waals surface area contributed by atoms with Crippen LogP contribution in [0.5, 0.6) is 0 Å². The maximum absolute atomic E-state index is 11.6. The van der Waals surface area contributed by atoms with Gasteiger partial charge in [0.2, 0.25) is 11.8 Å². The monoisotopic (exact) mass is 394 g/mol. The van der Waals surface area contributed by atoms with E-state index in [1.165, 1.54) is 38.1 Å². The standard InChI is InChI=1S/C16H16N2O6.Zn/c1-9(15(21)22)6-13(19)17-11-4-3-5-12(8-11)18-14(20)7-10(2)16(23)24;/h3-8H,1-2H3,(H,17,19)(H,18,20)(H,21,22)(H,23,24);/q;+2/p-2/b9-6-,10-7-;. The van der Waals surface area contributed by atoms with E-state index in [9.17, 15) is 29.4 Å². The Labute approximate surface area is 156 Å². The second-order valence-corrected chi connectivity index (χ2v) is 4.79. The van der Waals surface area contributed by atoms with E-state index in [1.54, 1.807) is 0 Å². The third kappa shape index (κ3) is 8.03. The molecule has 0 atom stereocenters. The summed E-state index contributed by atoms with van der Waals surface area (Å²) in [6.07, 6.45) is 1.74. The summed E-state index contributed by atoms with van der Waals surface area (Å²) in [6.45, 7) is 2.44. The molecule has 0 fully saturated rings. The van der Waals surface area contributed by atoms with Crippen molar-refractivity contribution in [3.63, 3.8) is 0 Å². The normalized spacial score (nSPS) is 11.1. The van der Waals surface area contributed by atoms with Gasteiger partial charge in [-0.05, 0) is 43.2 Å². The van der Waals surface area contributed by atoms with E-state index in [0.717, 1.165) is 12.2 Å². The van der Waals surface area contributed by atoms with Crippen LogP contribution in [0.2, 0.25) is 0 Å². The molecule has 126 valence electrons. The van der Waals surface area contributed by atoms with Crippen LogP contribution in [0.3, 0.4) is 0 Å². The molecule has 0 aromatic heterocycles. The first-order chi connectivity index (χ1) is 11.2. The summed E-state index contributed by atoms with van der Waals surface area (Å²) >= 11 is 0. The number of carbonyl (C=O) groups is 4. The van der Waals surface area contributed by atoms with Gasteiger partial charge in [0.15, 0.2) is 0 Å². The average molecular weight is 396 g/mol. The molecule has 0 spiro atoms. The number of aliphatic carboxylic acids is 2. The quantitative estimate of drug-likeness (QED) is 0.465. The molecule has 1 aromatic rings. The van der Waals surface area contributed by atoms with Crippen LogP contribution in [0.1, 0.15) is 13.8 Å². The maximum Gasteiger partial charge on any atom is 2.00 e. The molecule has 2 N–H and O–H groups in total. The Balaban J connectivity index is 0.00000576. The summed E-state index contributed by atoms with van der Waals surface area (Å²) in [6, 6.07) is 6.01. The van der Waals surface area contributed by atoms with Crippen molar-refractivity contribution in [3.8, 4) is 0 Å². The SMILES string of the molecule is C/C(=C/C(=O)Nc1cccc(NC(=O)/C=C(/C)C(=O)[O-])c1)C(=O)[O-].[Zn+2]. The molecule has 0 saturated heterocycles. The van der Waals surface area contributed by atoms with Gasteiger partial charge in [0.25, 0.3) is 0 Å². The Hall–Kier alpha value is -2.80. The molecule has 0 aliphatic carbocycles. The molecule has 0 bridgehead atoms. The first kappa shape index (κ1) is 22.2. The van der Waals surface area contributed by atoms with Crippen molar-refractivity contribution in [2.75, 3.05) is 10.6 Å². The fraction of sp³-hybridized carbons (Fsp3) is 0.125. The molecule has 25 heavy (non-hydrogen) atoms. The van der Waals surface area contributed by atoms with Crippen molar-refractivity contribution in [1.29, 1.82) is 0 Å². The minimum Gasteiger partial charge on any atom is -0.545 e. The zero-order valence-electron chi connectivity index (χ0n) is 13.6. The van der Waals surface area contributed by atoms with E-state index >= 15 is 0 Å². The molecule has 1 aromatic carbocycles. The van der Waals surface area contributed by atoms with Crippen LogP contribution in [0.4, 0.5) is 11.4 Å². The topological polar surface area (TPSA) is 138 Å². The third-order valence-electron chi connectivity index (χ3n) is 2.74. The van der Waals surface area contributed by atoms with E-state index in [1.807, 2.05) is 0 Å². The Morgan fingerprint density at radius 2 is 1.20 bits per heavy atom. The Morgan fingerprint density at radius 1 is 0.840 bits per heavy atom. The number of anilines is 2. The number of rotatable bonds is 6. The van der Waals surface area contributed by atoms with Crippen molar-refractivity contribution in [1.82, 2.24) is 0 Å². The van der Waals surface area contributed by atoms with Crippen LogP contribution in [0.25, 0.3) is 0 Å². The predicted molar refractivity (Wildman–Crippen MR) is 81.2 cm³/mol. The van der Waals surface area contributed by atoms with Crippen molar-refractivity contribution in [2.45, 2.75) is 13.8 Å². The summed E-state index contributed by atoms with van der Waals surface area (Å²) in [5.74, 6) is -4.26. The van der Waals surface area contributed by atoms with Crippen molar-refractivity contribution < 1.29 is 48.9 Å². The Kier molecular flexibility index (Phi) is 9.01. The Morgan fingerprint density at radius 3 is 1.52 bits per heavy atom. The van der Waals surface area contributed by atoms with E-state index < -0.39 is 23.8 Å². The number of amides is 2. The predicted octanol–water partition coefficient (Wildman–Crippen LogP) is -1.05. The first-order valence-corrected chi connectivity index (χ1v) is 6.70. The zero-order valence-corrected chi connectivity index (χ0v) is 16.6. The number of carbonyl (C=O) groups excluding carboxylic acids is 4. The molecule has 9 heteroatoms. The second-order valence-electron chi connectivity index (χ2n) is 4.79. The Bertz CT molecular complexity index is 695. The number of nitrogens with one attached hydrogen (secondary N) is 2. The molecule has 8 nitrogen and oxygen atoms in total. The fourth-order valence-electron chi connectivity index (χ4n) is 1.54. The van der Waals surface area contributed by atoms with Gasteiger partial charge in [0.05, 0.1) is 11.9 Å². The molecule has 2 amide bonds. The molecular weight excluding hydrogens is 382 g/mol. The summed E-state index contributed by atoms with van der Waals surface area (Å²) in [4.78, 5) is 44.3. The van der Waals surface area contributed by atoms with Crippen molar-refractivity contribution in [2.24, 2.45) is 0 Å². The van der Waals surface area contributed by atoms with Gasteiger partial charge in [0.1, 0.15) is 0 Å². The van der Waals surface area contributed by atoms with Gasteiger partial charge >= 0.3 is 19.5 Å². The molecule has 0 saturated carbocycles. The largest absolute Gasteiger partial charge is 2.00 e. The van der Waals surface area contributed by atoms with Crippen molar-refractivity contribution >= 4 is 35.1 Å². The summed E-state index contributed by atoms with van der Waals surface area (Å²) in [5.41, 5.74) is 0.140. The zero-order chi connectivity index (χ0) is 18.3. The van der Waals surface area contributed by atoms with E-state index in [4.69, 9.17) is 0 Å². The second kappa shape index (κ2) is 10.1. The van der Waals surface area contributed by atoms with Crippen LogP contribution in [-0.4, -0.2) is 23.8 Å². The first-order valence-electron chi connectivity index (χ1n) is 6.70. The minimum absolute atomic E-state index is 0. The summed E-state index contributed by atoms with van der Waals surface area (Å²) < 4.78 is 0. The van der Waals surface area contributed by atoms with Crippen LogP contribution in [-0.2, 0) is 38.7 Å². The summed E-state index contributed by atoms with van der Waals surface area (Å²) in [7, 11) is 0. The molecule has 0 radical (unpaired) electrons. The van der Waals surface area contributed by atoms with Crippen molar-refractivity contribution in [3.05, 3.63) is 47.6 Å². The molecule has 1 rings (SSSR count). The molecule has 0 heterocycles. The van der Waals surface area contributed by atoms with Gasteiger partial charge in [-0.2, -0.15) is 0 Å². The van der Waals surface area contributed by atoms with Crippen LogP contribution in [0.15, 0.2) is 47.6 Å². The smallest absolute Gasteiger partial charge is 0.545 e. The number of carboxylic acids is 2. The molecule has 0 unspecified atom stereocenters. The van der Waals surface area contributed by atoms with E-state index in [0.29, 0.717) is 11.4 Å². The number of hydrogen-bond donors (Lipinski definition) is 2. The fourth-order valence-corrected chi connectivity index (χ4v) is 1.54. The number of carboxylic acid groups (broad SMARTS) is 2.